The maximum absolute atomic E-state index is 10.9. The van der Waals surface area contributed by atoms with Crippen LogP contribution >= 0.6 is 0 Å². The molecule has 0 aliphatic carbocycles. The Kier molecular flexibility index (Phi) is 2.36. The standard InChI is InChI=1S/C11H10N2O3S/c1-7-2-3-10-9(4-7)8(6-15-10)5-11-12-16-17(14)13-11/h2-4,6H,5H2,1H3,(H,12,13). The van der Waals surface area contributed by atoms with Crippen molar-refractivity contribution >= 4 is 28.1 Å². The summed E-state index contributed by atoms with van der Waals surface area (Å²) in [6.45, 7) is 2.03. The van der Waals surface area contributed by atoms with Gasteiger partial charge >= 0.3 is 11.3 Å². The first kappa shape index (κ1) is 10.3. The Labute approximate surface area is 100 Å². The van der Waals surface area contributed by atoms with E-state index < -0.39 is 11.3 Å². The Hall–Kier alpha value is -1.82. The van der Waals surface area contributed by atoms with Crippen LogP contribution in [0, 0.1) is 6.92 Å². The van der Waals surface area contributed by atoms with Crippen LogP contribution < -0.4 is 4.72 Å². The van der Waals surface area contributed by atoms with E-state index in [0.717, 1.165) is 16.5 Å². The highest BCUT2D eigenvalue weighted by atomic mass is 32.2. The molecular formula is C11H10N2O3S. The van der Waals surface area contributed by atoms with Crippen LogP contribution in [0.25, 0.3) is 11.0 Å². The van der Waals surface area contributed by atoms with E-state index in [0.29, 0.717) is 12.3 Å². The molecular weight excluding hydrogens is 240 g/mol. The van der Waals surface area contributed by atoms with Crippen LogP contribution in [0.1, 0.15) is 11.1 Å². The Morgan fingerprint density at radius 3 is 3.12 bits per heavy atom. The lowest BCUT2D eigenvalue weighted by Crippen LogP contribution is -2.20. The van der Waals surface area contributed by atoms with Gasteiger partial charge in [-0.1, -0.05) is 16.8 Å². The molecule has 5 nitrogen and oxygen atoms in total. The number of benzene rings is 1. The second-order valence-electron chi connectivity index (χ2n) is 3.89. The number of nitrogens with zero attached hydrogens (tertiary/aromatic N) is 1. The molecule has 0 saturated carbocycles. The summed E-state index contributed by atoms with van der Waals surface area (Å²) in [6, 6.07) is 5.99. The number of aryl methyl sites for hydroxylation is 1. The van der Waals surface area contributed by atoms with Crippen molar-refractivity contribution < 1.29 is 12.9 Å². The molecule has 0 spiro atoms. The summed E-state index contributed by atoms with van der Waals surface area (Å²) in [7, 11) is 0. The zero-order chi connectivity index (χ0) is 11.8. The van der Waals surface area contributed by atoms with Crippen LogP contribution in [0.3, 0.4) is 0 Å². The fourth-order valence-electron chi connectivity index (χ4n) is 1.79. The number of hydrogen-bond donors (Lipinski definition) is 1. The zero-order valence-corrected chi connectivity index (χ0v) is 9.91. The van der Waals surface area contributed by atoms with Crippen LogP contribution in [0.2, 0.25) is 0 Å². The topological polar surface area (TPSA) is 63.8 Å². The van der Waals surface area contributed by atoms with E-state index >= 15 is 0 Å². The van der Waals surface area contributed by atoms with E-state index in [2.05, 4.69) is 20.2 Å². The lowest BCUT2D eigenvalue weighted by atomic mass is 10.1. The van der Waals surface area contributed by atoms with E-state index in [9.17, 15) is 4.21 Å². The van der Waals surface area contributed by atoms with E-state index in [-0.39, 0.29) is 0 Å². The SMILES string of the molecule is Cc1ccc2occ(CC3=NOS(=O)N3)c2c1. The maximum Gasteiger partial charge on any atom is 0.338 e. The normalized spacial score (nSPS) is 18.9. The van der Waals surface area contributed by atoms with Gasteiger partial charge in [0.2, 0.25) is 0 Å². The number of furan rings is 1. The van der Waals surface area contributed by atoms with E-state index in [1.165, 1.54) is 5.56 Å². The first-order valence-electron chi connectivity index (χ1n) is 5.12. The molecule has 1 aliphatic heterocycles. The van der Waals surface area contributed by atoms with Crippen LogP contribution in [0.5, 0.6) is 0 Å². The zero-order valence-electron chi connectivity index (χ0n) is 9.10. The smallest absolute Gasteiger partial charge is 0.338 e. The fourth-order valence-corrected chi connectivity index (χ4v) is 2.29. The number of fused-ring (bicyclic) bond motifs is 1. The van der Waals surface area contributed by atoms with Crippen molar-refractivity contribution in [2.24, 2.45) is 5.16 Å². The molecule has 2 heterocycles. The summed E-state index contributed by atoms with van der Waals surface area (Å²) >= 11 is -1.54. The second kappa shape index (κ2) is 3.89. The molecule has 6 heteroatoms. The van der Waals surface area contributed by atoms with Crippen molar-refractivity contribution in [2.75, 3.05) is 0 Å². The molecule has 1 unspecified atom stereocenters. The first-order valence-corrected chi connectivity index (χ1v) is 6.19. The van der Waals surface area contributed by atoms with Crippen molar-refractivity contribution in [1.82, 2.24) is 4.72 Å². The van der Waals surface area contributed by atoms with E-state index in [1.54, 1.807) is 6.26 Å². The first-order chi connectivity index (χ1) is 8.22. The van der Waals surface area contributed by atoms with Crippen molar-refractivity contribution in [3.8, 4) is 0 Å². The fraction of sp³-hybridized carbons (Fsp3) is 0.182. The quantitative estimate of drug-likeness (QED) is 0.883. The van der Waals surface area contributed by atoms with Crippen molar-refractivity contribution in [1.29, 1.82) is 0 Å². The predicted octanol–water partition coefficient (Wildman–Crippen LogP) is 1.80. The highest BCUT2D eigenvalue weighted by Gasteiger charge is 2.17. The average molecular weight is 250 g/mol. The Balaban J connectivity index is 1.95. The monoisotopic (exact) mass is 250 g/mol. The molecule has 1 aromatic carbocycles. The minimum Gasteiger partial charge on any atom is -0.464 e. The highest BCUT2D eigenvalue weighted by molar-refractivity contribution is 7.79. The van der Waals surface area contributed by atoms with Gasteiger partial charge in [-0.15, -0.1) is 0 Å². The van der Waals surface area contributed by atoms with Gasteiger partial charge in [0.05, 0.1) is 6.26 Å². The van der Waals surface area contributed by atoms with Gasteiger partial charge in [-0.2, -0.15) is 4.21 Å². The van der Waals surface area contributed by atoms with Gasteiger partial charge in [0.15, 0.2) is 5.84 Å². The van der Waals surface area contributed by atoms with Gasteiger partial charge in [-0.05, 0) is 19.1 Å². The number of rotatable bonds is 2. The third-order valence-corrected chi connectivity index (χ3v) is 3.20. The minimum atomic E-state index is -1.54. The van der Waals surface area contributed by atoms with Crippen LogP contribution in [-0.4, -0.2) is 10.0 Å². The molecule has 1 N–H and O–H groups in total. The third-order valence-electron chi connectivity index (χ3n) is 2.58. The molecule has 17 heavy (non-hydrogen) atoms. The van der Waals surface area contributed by atoms with E-state index in [1.807, 2.05) is 19.1 Å². The summed E-state index contributed by atoms with van der Waals surface area (Å²) in [5.41, 5.74) is 3.00. The Morgan fingerprint density at radius 1 is 1.47 bits per heavy atom. The molecule has 0 bridgehead atoms. The number of nitrogens with one attached hydrogen (secondary N) is 1. The summed E-state index contributed by atoms with van der Waals surface area (Å²) in [5.74, 6) is 0.549. The number of oxime groups is 1. The van der Waals surface area contributed by atoms with Gasteiger partial charge in [-0.25, -0.2) is 0 Å². The highest BCUT2D eigenvalue weighted by Crippen LogP contribution is 2.23. The van der Waals surface area contributed by atoms with Crippen molar-refractivity contribution in [3.05, 3.63) is 35.6 Å². The summed E-state index contributed by atoms with van der Waals surface area (Å²) in [5, 5.41) is 4.73. The summed E-state index contributed by atoms with van der Waals surface area (Å²) in [6.07, 6.45) is 2.21. The molecule has 2 aromatic rings. The molecule has 0 saturated heterocycles. The summed E-state index contributed by atoms with van der Waals surface area (Å²) in [4.78, 5) is 0. The van der Waals surface area contributed by atoms with E-state index in [4.69, 9.17) is 4.42 Å². The van der Waals surface area contributed by atoms with Gasteiger partial charge < -0.3 is 4.42 Å². The van der Waals surface area contributed by atoms with Crippen LogP contribution in [-0.2, 0) is 22.0 Å². The molecule has 1 aliphatic rings. The van der Waals surface area contributed by atoms with Gasteiger partial charge in [0.1, 0.15) is 5.58 Å². The van der Waals surface area contributed by atoms with Gasteiger partial charge in [-0.3, -0.25) is 9.01 Å². The van der Waals surface area contributed by atoms with Crippen molar-refractivity contribution in [3.63, 3.8) is 0 Å². The van der Waals surface area contributed by atoms with Gasteiger partial charge in [0, 0.05) is 17.4 Å². The number of amidine groups is 1. The predicted molar refractivity (Wildman–Crippen MR) is 64.5 cm³/mol. The molecule has 1 aromatic heterocycles. The van der Waals surface area contributed by atoms with Crippen LogP contribution in [0.15, 0.2) is 34.0 Å². The van der Waals surface area contributed by atoms with Crippen LogP contribution in [0.4, 0.5) is 0 Å². The van der Waals surface area contributed by atoms with Crippen molar-refractivity contribution in [2.45, 2.75) is 13.3 Å². The molecule has 1 atom stereocenters. The molecule has 0 radical (unpaired) electrons. The Morgan fingerprint density at radius 2 is 2.35 bits per heavy atom. The largest absolute Gasteiger partial charge is 0.464 e. The summed E-state index contributed by atoms with van der Waals surface area (Å²) < 4.78 is 23.6. The number of hydrogen-bond acceptors (Lipinski definition) is 4. The second-order valence-corrected chi connectivity index (χ2v) is 4.71. The van der Waals surface area contributed by atoms with Gasteiger partial charge in [0.25, 0.3) is 0 Å². The average Bonchev–Trinajstić information content (AvgIpc) is 2.87. The maximum atomic E-state index is 10.9. The molecule has 88 valence electrons. The minimum absolute atomic E-state index is 0.516. The molecule has 0 amide bonds. The molecule has 3 rings (SSSR count). The molecule has 0 fully saturated rings. The lowest BCUT2D eigenvalue weighted by Gasteiger charge is -1.97. The third kappa shape index (κ3) is 1.91. The lowest BCUT2D eigenvalue weighted by molar-refractivity contribution is 0.384. The Bertz CT molecular complexity index is 633.